The van der Waals surface area contributed by atoms with Crippen molar-refractivity contribution in [3.8, 4) is 0 Å². The Bertz CT molecular complexity index is 877. The summed E-state index contributed by atoms with van der Waals surface area (Å²) < 4.78 is 0. The molecule has 2 aliphatic rings. The van der Waals surface area contributed by atoms with Gasteiger partial charge in [0.2, 0.25) is 11.8 Å². The van der Waals surface area contributed by atoms with Crippen LogP contribution in [-0.2, 0) is 22.4 Å². The molecule has 2 N–H and O–H groups in total. The van der Waals surface area contributed by atoms with Crippen LogP contribution in [0, 0.1) is 19.3 Å². The number of fused-ring (bicyclic) bond motifs is 2. The zero-order valence-electron chi connectivity index (χ0n) is 16.6. The third-order valence-corrected chi connectivity index (χ3v) is 7.25. The number of nitrogens with one attached hydrogen (secondary N) is 2. The molecule has 0 aliphatic carbocycles. The van der Waals surface area contributed by atoms with Gasteiger partial charge in [-0.15, -0.1) is 11.3 Å². The minimum absolute atomic E-state index is 0.0317. The lowest BCUT2D eigenvalue weighted by Crippen LogP contribution is -2.50. The minimum atomic E-state index is -0.569. The summed E-state index contributed by atoms with van der Waals surface area (Å²) in [5, 5.41) is 12.2. The van der Waals surface area contributed by atoms with E-state index >= 15 is 0 Å². The van der Waals surface area contributed by atoms with Crippen molar-refractivity contribution in [3.05, 3.63) is 33.5 Å². The molecule has 0 radical (unpaired) electrons. The summed E-state index contributed by atoms with van der Waals surface area (Å²) in [6.07, 6.45) is 4.24. The molecular weight excluding hydrogens is 374 g/mol. The number of thiazole rings is 1. The van der Waals surface area contributed by atoms with Crippen molar-refractivity contribution in [3.63, 3.8) is 0 Å². The molecule has 150 valence electrons. The van der Waals surface area contributed by atoms with E-state index in [-0.39, 0.29) is 23.9 Å². The van der Waals surface area contributed by atoms with Gasteiger partial charge in [0, 0.05) is 49.5 Å². The molecule has 3 atom stereocenters. The van der Waals surface area contributed by atoms with Crippen LogP contribution in [0.5, 0.6) is 0 Å². The Hall–Kier alpha value is -2.22. The van der Waals surface area contributed by atoms with Crippen LogP contribution < -0.4 is 5.32 Å². The van der Waals surface area contributed by atoms with Crippen LogP contribution in [0.2, 0.25) is 0 Å². The minimum Gasteiger partial charge on any atom is -0.359 e. The molecule has 2 saturated heterocycles. The Labute approximate surface area is 168 Å². The zero-order valence-corrected chi connectivity index (χ0v) is 17.4. The number of aromatic nitrogens is 3. The van der Waals surface area contributed by atoms with E-state index in [1.54, 1.807) is 23.9 Å². The summed E-state index contributed by atoms with van der Waals surface area (Å²) in [4.78, 5) is 32.5. The molecule has 4 rings (SSSR count). The molecule has 7 nitrogen and oxygen atoms in total. The summed E-state index contributed by atoms with van der Waals surface area (Å²) in [5.74, 6) is 0.167. The highest BCUT2D eigenvalue weighted by Gasteiger charge is 2.60. The molecule has 2 aliphatic heterocycles. The smallest absolute Gasteiger partial charge is 0.228 e. The molecule has 0 saturated carbocycles. The van der Waals surface area contributed by atoms with Gasteiger partial charge < -0.3 is 10.2 Å². The first-order valence-corrected chi connectivity index (χ1v) is 10.8. The van der Waals surface area contributed by atoms with Crippen molar-refractivity contribution >= 4 is 23.2 Å². The van der Waals surface area contributed by atoms with Crippen LogP contribution in [0.1, 0.15) is 48.3 Å². The number of rotatable bonds is 6. The number of carbonyl (C=O) groups excluding carboxylic acids is 2. The number of aromatic amines is 1. The summed E-state index contributed by atoms with van der Waals surface area (Å²) >= 11 is 1.54. The fraction of sp³-hybridized carbons (Fsp3) is 0.600. The Balaban J connectivity index is 1.53. The average molecular weight is 402 g/mol. The van der Waals surface area contributed by atoms with Gasteiger partial charge in [-0.1, -0.05) is 0 Å². The second kappa shape index (κ2) is 7.31. The monoisotopic (exact) mass is 401 g/mol. The van der Waals surface area contributed by atoms with Crippen molar-refractivity contribution in [1.82, 2.24) is 25.4 Å². The summed E-state index contributed by atoms with van der Waals surface area (Å²) in [7, 11) is 1.69. The standard InChI is InChI=1S/C20H27N5O2S/c1-12-13(2)23-24-16(12)5-7-18(26)25-15-4-6-17(25)20(9-15,19(27)21-3)8-14-10-28-11-22-14/h10-11,15,17H,4-9H2,1-3H3,(H,21,27)(H,23,24)/t15-,17+,20+/m1/s1. The van der Waals surface area contributed by atoms with Crippen LogP contribution in [0.15, 0.2) is 10.9 Å². The lowest BCUT2D eigenvalue weighted by atomic mass is 9.70. The predicted octanol–water partition coefficient (Wildman–Crippen LogP) is 2.15. The number of carbonyl (C=O) groups is 2. The molecule has 28 heavy (non-hydrogen) atoms. The fourth-order valence-electron chi connectivity index (χ4n) is 5.10. The first-order chi connectivity index (χ1) is 13.5. The van der Waals surface area contributed by atoms with Crippen molar-refractivity contribution < 1.29 is 9.59 Å². The zero-order chi connectivity index (χ0) is 19.9. The van der Waals surface area contributed by atoms with Gasteiger partial charge in [-0.25, -0.2) is 4.98 Å². The molecule has 0 aromatic carbocycles. The summed E-state index contributed by atoms with van der Waals surface area (Å²) in [6.45, 7) is 4.02. The Morgan fingerprint density at radius 1 is 1.39 bits per heavy atom. The first kappa shape index (κ1) is 19.1. The first-order valence-electron chi connectivity index (χ1n) is 9.87. The number of hydrogen-bond donors (Lipinski definition) is 2. The van der Waals surface area contributed by atoms with Crippen LogP contribution in [0.25, 0.3) is 0 Å². The number of amides is 2. The predicted molar refractivity (Wildman–Crippen MR) is 107 cm³/mol. The molecule has 2 bridgehead atoms. The normalized spacial score (nSPS) is 26.0. The van der Waals surface area contributed by atoms with Crippen LogP contribution in [-0.4, -0.2) is 51.0 Å². The SMILES string of the molecule is CNC(=O)[C@@]1(Cc2cscn2)C[C@H]2CC[C@@H]1N2C(=O)CCc1n[nH]c(C)c1C. The largest absolute Gasteiger partial charge is 0.359 e. The fourth-order valence-corrected chi connectivity index (χ4v) is 5.66. The molecule has 2 fully saturated rings. The van der Waals surface area contributed by atoms with Gasteiger partial charge in [-0.2, -0.15) is 5.10 Å². The maximum absolute atomic E-state index is 13.1. The van der Waals surface area contributed by atoms with E-state index in [9.17, 15) is 9.59 Å². The van der Waals surface area contributed by atoms with Crippen molar-refractivity contribution in [2.24, 2.45) is 5.41 Å². The molecule has 0 unspecified atom stereocenters. The highest BCUT2D eigenvalue weighted by atomic mass is 32.1. The van der Waals surface area contributed by atoms with Gasteiger partial charge >= 0.3 is 0 Å². The van der Waals surface area contributed by atoms with Crippen molar-refractivity contribution in [2.45, 2.75) is 64.5 Å². The highest BCUT2D eigenvalue weighted by molar-refractivity contribution is 7.07. The molecule has 2 aromatic rings. The third kappa shape index (κ3) is 3.03. The number of aryl methyl sites for hydroxylation is 2. The topological polar surface area (TPSA) is 91.0 Å². The van der Waals surface area contributed by atoms with Gasteiger partial charge in [0.05, 0.1) is 22.3 Å². The van der Waals surface area contributed by atoms with E-state index in [1.807, 2.05) is 24.1 Å². The quantitative estimate of drug-likeness (QED) is 0.776. The van der Waals surface area contributed by atoms with Gasteiger partial charge in [0.1, 0.15) is 0 Å². The molecule has 2 aromatic heterocycles. The Morgan fingerprint density at radius 2 is 2.21 bits per heavy atom. The van der Waals surface area contributed by atoms with E-state index in [0.29, 0.717) is 19.3 Å². The second-order valence-corrected chi connectivity index (χ2v) is 8.78. The molecule has 8 heteroatoms. The van der Waals surface area contributed by atoms with Crippen LogP contribution in [0.4, 0.5) is 0 Å². The number of hydrogen-bond acceptors (Lipinski definition) is 5. The maximum atomic E-state index is 13.1. The lowest BCUT2D eigenvalue weighted by Gasteiger charge is -2.35. The van der Waals surface area contributed by atoms with E-state index < -0.39 is 5.41 Å². The molecule has 0 spiro atoms. The van der Waals surface area contributed by atoms with Crippen molar-refractivity contribution in [1.29, 1.82) is 0 Å². The van der Waals surface area contributed by atoms with Gasteiger partial charge in [-0.3, -0.25) is 14.7 Å². The molecule has 4 heterocycles. The van der Waals surface area contributed by atoms with E-state index in [0.717, 1.165) is 41.9 Å². The summed E-state index contributed by atoms with van der Waals surface area (Å²) in [6, 6.07) is 0.101. The maximum Gasteiger partial charge on any atom is 0.228 e. The van der Waals surface area contributed by atoms with E-state index in [2.05, 4.69) is 20.5 Å². The van der Waals surface area contributed by atoms with Crippen molar-refractivity contribution in [2.75, 3.05) is 7.05 Å². The van der Waals surface area contributed by atoms with Gasteiger partial charge in [0.15, 0.2) is 0 Å². The molecule has 2 amide bonds. The average Bonchev–Trinajstić information content (AvgIpc) is 3.46. The van der Waals surface area contributed by atoms with Crippen LogP contribution in [0.3, 0.4) is 0 Å². The van der Waals surface area contributed by atoms with Crippen LogP contribution >= 0.6 is 11.3 Å². The third-order valence-electron chi connectivity index (χ3n) is 6.62. The van der Waals surface area contributed by atoms with Gasteiger partial charge in [-0.05, 0) is 38.7 Å². The Kier molecular flexibility index (Phi) is 4.99. The van der Waals surface area contributed by atoms with E-state index in [4.69, 9.17) is 0 Å². The second-order valence-electron chi connectivity index (χ2n) is 8.06. The number of nitrogens with zero attached hydrogens (tertiary/aromatic N) is 3. The molecular formula is C20H27N5O2S. The number of H-pyrrole nitrogens is 1. The summed E-state index contributed by atoms with van der Waals surface area (Å²) in [5.41, 5.74) is 5.30. The Morgan fingerprint density at radius 3 is 2.86 bits per heavy atom. The van der Waals surface area contributed by atoms with Gasteiger partial charge in [0.25, 0.3) is 0 Å². The lowest BCUT2D eigenvalue weighted by molar-refractivity contribution is -0.136. The van der Waals surface area contributed by atoms with E-state index in [1.165, 1.54) is 0 Å². The highest BCUT2D eigenvalue weighted by Crippen LogP contribution is 2.52.